The van der Waals surface area contributed by atoms with E-state index in [2.05, 4.69) is 6.07 Å². The maximum Gasteiger partial charge on any atom is 0.313 e. The second-order valence-corrected chi connectivity index (χ2v) is 7.34. The summed E-state index contributed by atoms with van der Waals surface area (Å²) < 4.78 is 10.9. The van der Waals surface area contributed by atoms with E-state index in [0.717, 1.165) is 23.3 Å². The van der Waals surface area contributed by atoms with E-state index >= 15 is 0 Å². The van der Waals surface area contributed by atoms with E-state index in [-0.39, 0.29) is 19.1 Å². The van der Waals surface area contributed by atoms with Gasteiger partial charge >= 0.3 is 5.97 Å². The summed E-state index contributed by atoms with van der Waals surface area (Å²) in [4.78, 5) is 26.5. The van der Waals surface area contributed by atoms with Crippen LogP contribution >= 0.6 is 11.6 Å². The molecular formula is C21H20ClNO4. The molecule has 0 radical (unpaired) electrons. The number of carbonyl (C=O) groups is 2. The van der Waals surface area contributed by atoms with Crippen LogP contribution in [0.25, 0.3) is 0 Å². The van der Waals surface area contributed by atoms with Gasteiger partial charge in [0.25, 0.3) is 5.91 Å². The van der Waals surface area contributed by atoms with Gasteiger partial charge in [-0.05, 0) is 47.7 Å². The molecule has 0 bridgehead atoms. The van der Waals surface area contributed by atoms with Crippen LogP contribution in [0, 0.1) is 5.92 Å². The van der Waals surface area contributed by atoms with Crippen molar-refractivity contribution < 1.29 is 19.1 Å². The molecule has 0 aliphatic carbocycles. The topological polar surface area (TPSA) is 55.8 Å². The zero-order valence-corrected chi connectivity index (χ0v) is 15.6. The lowest BCUT2D eigenvalue weighted by atomic mass is 9.97. The molecule has 0 saturated heterocycles. The second-order valence-electron chi connectivity index (χ2n) is 6.91. The predicted octanol–water partition coefficient (Wildman–Crippen LogP) is 3.02. The van der Waals surface area contributed by atoms with Crippen LogP contribution in [0.2, 0.25) is 5.02 Å². The molecule has 2 aliphatic heterocycles. The van der Waals surface area contributed by atoms with Crippen LogP contribution in [0.3, 0.4) is 0 Å². The Hall–Kier alpha value is -2.53. The molecule has 0 fully saturated rings. The summed E-state index contributed by atoms with van der Waals surface area (Å²) in [5, 5.41) is 0.604. The molecule has 2 aromatic carbocycles. The van der Waals surface area contributed by atoms with Crippen molar-refractivity contribution in [2.75, 3.05) is 19.8 Å². The van der Waals surface area contributed by atoms with Gasteiger partial charge in [0.05, 0.1) is 5.92 Å². The molecule has 0 saturated carbocycles. The zero-order valence-electron chi connectivity index (χ0n) is 14.8. The molecule has 0 unspecified atom stereocenters. The van der Waals surface area contributed by atoms with Gasteiger partial charge in [0.1, 0.15) is 12.4 Å². The van der Waals surface area contributed by atoms with Crippen LogP contribution in [0.1, 0.15) is 16.7 Å². The lowest BCUT2D eigenvalue weighted by Gasteiger charge is -2.29. The first kappa shape index (κ1) is 17.9. The number of ether oxygens (including phenoxy) is 2. The fourth-order valence-electron chi connectivity index (χ4n) is 3.57. The molecular weight excluding hydrogens is 366 g/mol. The maximum atomic E-state index is 12.4. The first-order valence-electron chi connectivity index (χ1n) is 9.02. The lowest BCUT2D eigenvalue weighted by Crippen LogP contribution is -2.39. The molecule has 4 rings (SSSR count). The standard InChI is InChI=1S/C21H20ClNO4/c22-18-5-6-19-16(10-18)9-17(12-26-19)21(25)27-13-20(24)23-8-7-14-3-1-2-4-15(14)11-23/h1-6,10,17H,7-9,11-13H2/t17-/m1/s1. The molecule has 0 aromatic heterocycles. The van der Waals surface area contributed by atoms with Crippen molar-refractivity contribution in [2.45, 2.75) is 19.4 Å². The molecule has 2 aromatic rings. The van der Waals surface area contributed by atoms with E-state index in [9.17, 15) is 9.59 Å². The summed E-state index contributed by atoms with van der Waals surface area (Å²) in [6, 6.07) is 13.5. The summed E-state index contributed by atoms with van der Waals surface area (Å²) in [6.45, 7) is 1.22. The Bertz CT molecular complexity index is 882. The Morgan fingerprint density at radius 2 is 1.96 bits per heavy atom. The normalized spacial score (nSPS) is 18.1. The molecule has 1 atom stereocenters. The van der Waals surface area contributed by atoms with E-state index in [1.165, 1.54) is 5.56 Å². The van der Waals surface area contributed by atoms with E-state index in [1.807, 2.05) is 18.2 Å². The van der Waals surface area contributed by atoms with E-state index < -0.39 is 11.9 Å². The van der Waals surface area contributed by atoms with Crippen LogP contribution in [0.5, 0.6) is 5.75 Å². The van der Waals surface area contributed by atoms with Gasteiger partial charge in [-0.2, -0.15) is 0 Å². The van der Waals surface area contributed by atoms with Gasteiger partial charge in [0, 0.05) is 18.1 Å². The van der Waals surface area contributed by atoms with Crippen molar-refractivity contribution in [2.24, 2.45) is 5.92 Å². The van der Waals surface area contributed by atoms with E-state index in [4.69, 9.17) is 21.1 Å². The minimum absolute atomic E-state index is 0.168. The summed E-state index contributed by atoms with van der Waals surface area (Å²) in [5.74, 6) is -0.262. The van der Waals surface area contributed by atoms with Gasteiger partial charge < -0.3 is 14.4 Å². The van der Waals surface area contributed by atoms with Crippen molar-refractivity contribution in [1.82, 2.24) is 4.90 Å². The largest absolute Gasteiger partial charge is 0.492 e. The number of halogens is 1. The fraction of sp³-hybridized carbons (Fsp3) is 0.333. The first-order valence-corrected chi connectivity index (χ1v) is 9.40. The lowest BCUT2D eigenvalue weighted by molar-refractivity contribution is -0.157. The Balaban J connectivity index is 1.31. The van der Waals surface area contributed by atoms with Gasteiger partial charge in [-0.15, -0.1) is 0 Å². The summed E-state index contributed by atoms with van der Waals surface area (Å²) in [5.41, 5.74) is 3.31. The minimum atomic E-state index is -0.425. The number of amides is 1. The zero-order chi connectivity index (χ0) is 18.8. The second kappa shape index (κ2) is 7.61. The SMILES string of the molecule is O=C(OCC(=O)N1CCc2ccccc2C1)[C@H]1COc2ccc(Cl)cc2C1. The average Bonchev–Trinajstić information content (AvgIpc) is 2.70. The maximum absolute atomic E-state index is 12.4. The molecule has 27 heavy (non-hydrogen) atoms. The van der Waals surface area contributed by atoms with Crippen molar-refractivity contribution >= 4 is 23.5 Å². The molecule has 2 aliphatic rings. The Kier molecular flexibility index (Phi) is 5.03. The highest BCUT2D eigenvalue weighted by Gasteiger charge is 2.29. The highest BCUT2D eigenvalue weighted by atomic mass is 35.5. The third-order valence-electron chi connectivity index (χ3n) is 5.08. The molecule has 0 spiro atoms. The smallest absolute Gasteiger partial charge is 0.313 e. The number of carbonyl (C=O) groups excluding carboxylic acids is 2. The number of hydrogen-bond acceptors (Lipinski definition) is 4. The van der Waals surface area contributed by atoms with Gasteiger partial charge in [-0.25, -0.2) is 0 Å². The average molecular weight is 386 g/mol. The predicted molar refractivity (Wildman–Crippen MR) is 101 cm³/mol. The van der Waals surface area contributed by atoms with Gasteiger partial charge in [-0.1, -0.05) is 35.9 Å². The summed E-state index contributed by atoms with van der Waals surface area (Å²) in [7, 11) is 0. The Morgan fingerprint density at radius 3 is 2.81 bits per heavy atom. The molecule has 6 heteroatoms. The Labute approximate surface area is 162 Å². The minimum Gasteiger partial charge on any atom is -0.492 e. The van der Waals surface area contributed by atoms with Crippen LogP contribution in [-0.4, -0.2) is 36.5 Å². The van der Waals surface area contributed by atoms with Gasteiger partial charge in [0.2, 0.25) is 0 Å². The molecule has 140 valence electrons. The third kappa shape index (κ3) is 3.93. The molecule has 2 heterocycles. The summed E-state index contributed by atoms with van der Waals surface area (Å²) >= 11 is 6.01. The molecule has 1 amide bonds. The van der Waals surface area contributed by atoms with Crippen LogP contribution in [0.15, 0.2) is 42.5 Å². The van der Waals surface area contributed by atoms with Crippen molar-refractivity contribution in [3.05, 3.63) is 64.2 Å². The van der Waals surface area contributed by atoms with Crippen LogP contribution in [-0.2, 0) is 33.7 Å². The van der Waals surface area contributed by atoms with Crippen molar-refractivity contribution in [3.63, 3.8) is 0 Å². The third-order valence-corrected chi connectivity index (χ3v) is 5.32. The van der Waals surface area contributed by atoms with E-state index in [0.29, 0.717) is 24.5 Å². The van der Waals surface area contributed by atoms with E-state index in [1.54, 1.807) is 23.1 Å². The number of nitrogens with zero attached hydrogens (tertiary/aromatic N) is 1. The number of esters is 1. The number of rotatable bonds is 3. The van der Waals surface area contributed by atoms with Gasteiger partial charge in [-0.3, -0.25) is 9.59 Å². The monoisotopic (exact) mass is 385 g/mol. The first-order chi connectivity index (χ1) is 13.1. The van der Waals surface area contributed by atoms with Crippen molar-refractivity contribution in [3.8, 4) is 5.75 Å². The molecule has 0 N–H and O–H groups in total. The fourth-order valence-corrected chi connectivity index (χ4v) is 3.76. The Morgan fingerprint density at radius 1 is 1.15 bits per heavy atom. The molecule has 5 nitrogen and oxygen atoms in total. The highest BCUT2D eigenvalue weighted by Crippen LogP contribution is 2.30. The highest BCUT2D eigenvalue weighted by molar-refractivity contribution is 6.30. The number of fused-ring (bicyclic) bond motifs is 2. The van der Waals surface area contributed by atoms with Crippen molar-refractivity contribution in [1.29, 1.82) is 0 Å². The number of hydrogen-bond donors (Lipinski definition) is 0. The number of benzene rings is 2. The summed E-state index contributed by atoms with van der Waals surface area (Å²) in [6.07, 6.45) is 1.32. The quantitative estimate of drug-likeness (QED) is 0.762. The van der Waals surface area contributed by atoms with Gasteiger partial charge in [0.15, 0.2) is 6.61 Å². The van der Waals surface area contributed by atoms with Crippen LogP contribution in [0.4, 0.5) is 0 Å². The van der Waals surface area contributed by atoms with Crippen LogP contribution < -0.4 is 4.74 Å².